The first-order valence-electron chi connectivity index (χ1n) is 7.49. The highest BCUT2D eigenvalue weighted by Gasteiger charge is 2.06. The largest absolute Gasteiger partial charge is 0.497 e. The van der Waals surface area contributed by atoms with E-state index in [-0.39, 0.29) is 11.8 Å². The van der Waals surface area contributed by atoms with Gasteiger partial charge in [0.05, 0.1) is 18.5 Å². The number of methoxy groups -OCH3 is 1. The summed E-state index contributed by atoms with van der Waals surface area (Å²) in [5, 5.41) is 5.48. The number of amides is 2. The zero-order valence-electron chi connectivity index (χ0n) is 13.9. The van der Waals surface area contributed by atoms with Gasteiger partial charge in [-0.05, 0) is 48.4 Å². The minimum atomic E-state index is -0.282. The summed E-state index contributed by atoms with van der Waals surface area (Å²) < 4.78 is 5.15. The molecule has 0 bridgehead atoms. The van der Waals surface area contributed by atoms with Gasteiger partial charge >= 0.3 is 0 Å². The van der Waals surface area contributed by atoms with Gasteiger partial charge in [-0.25, -0.2) is 0 Å². The predicted octanol–water partition coefficient (Wildman–Crippen LogP) is 3.61. The molecule has 0 saturated heterocycles. The van der Waals surface area contributed by atoms with Gasteiger partial charge in [0.1, 0.15) is 5.75 Å². The molecule has 2 rings (SSSR count). The van der Waals surface area contributed by atoms with Gasteiger partial charge in [-0.1, -0.05) is 18.2 Å². The molecular weight excluding hydrogens is 304 g/mol. The minimum Gasteiger partial charge on any atom is -0.497 e. The van der Waals surface area contributed by atoms with Crippen LogP contribution in [-0.2, 0) is 9.59 Å². The molecule has 0 heterocycles. The Hall–Kier alpha value is -3.08. The second-order valence-electron chi connectivity index (χ2n) is 5.33. The van der Waals surface area contributed by atoms with E-state index in [9.17, 15) is 9.59 Å². The van der Waals surface area contributed by atoms with E-state index in [0.29, 0.717) is 11.4 Å². The second kappa shape index (κ2) is 7.97. The molecular formula is C19H20N2O3. The fourth-order valence-electron chi connectivity index (χ4n) is 2.15. The summed E-state index contributed by atoms with van der Waals surface area (Å²) in [6.45, 7) is 3.34. The van der Waals surface area contributed by atoms with Gasteiger partial charge in [-0.3, -0.25) is 9.59 Å². The van der Waals surface area contributed by atoms with E-state index in [1.165, 1.54) is 13.0 Å². The Morgan fingerprint density at radius 3 is 2.54 bits per heavy atom. The van der Waals surface area contributed by atoms with Crippen molar-refractivity contribution in [3.8, 4) is 5.75 Å². The van der Waals surface area contributed by atoms with Gasteiger partial charge in [0.2, 0.25) is 11.8 Å². The second-order valence-corrected chi connectivity index (χ2v) is 5.33. The van der Waals surface area contributed by atoms with Crippen LogP contribution < -0.4 is 15.4 Å². The molecule has 0 fully saturated rings. The lowest BCUT2D eigenvalue weighted by Gasteiger charge is -2.11. The normalized spacial score (nSPS) is 10.5. The fraction of sp³-hybridized carbons (Fsp3) is 0.158. The first kappa shape index (κ1) is 17.3. The number of ether oxygens (including phenoxy) is 1. The van der Waals surface area contributed by atoms with Crippen LogP contribution in [0.15, 0.2) is 48.5 Å². The van der Waals surface area contributed by atoms with E-state index in [2.05, 4.69) is 10.6 Å². The number of anilines is 2. The molecule has 5 heteroatoms. The molecule has 2 N–H and O–H groups in total. The summed E-state index contributed by atoms with van der Waals surface area (Å²) in [6.07, 6.45) is 3.14. The van der Waals surface area contributed by atoms with Crippen LogP contribution in [0.3, 0.4) is 0 Å². The number of rotatable bonds is 5. The van der Waals surface area contributed by atoms with Gasteiger partial charge in [0.15, 0.2) is 0 Å². The summed E-state index contributed by atoms with van der Waals surface area (Å²) in [6, 6.07) is 12.8. The maximum Gasteiger partial charge on any atom is 0.248 e. The number of hydrogen-bond donors (Lipinski definition) is 2. The van der Waals surface area contributed by atoms with E-state index in [0.717, 1.165) is 16.9 Å². The molecule has 124 valence electrons. The first-order chi connectivity index (χ1) is 11.5. The van der Waals surface area contributed by atoms with E-state index < -0.39 is 0 Å². The first-order valence-corrected chi connectivity index (χ1v) is 7.49. The van der Waals surface area contributed by atoms with E-state index >= 15 is 0 Å². The Morgan fingerprint density at radius 2 is 1.83 bits per heavy atom. The van der Waals surface area contributed by atoms with E-state index in [1.54, 1.807) is 19.3 Å². The molecule has 24 heavy (non-hydrogen) atoms. The van der Waals surface area contributed by atoms with Crippen LogP contribution in [0.5, 0.6) is 5.75 Å². The lowest BCUT2D eigenvalue weighted by atomic mass is 10.1. The van der Waals surface area contributed by atoms with Gasteiger partial charge in [0, 0.05) is 13.0 Å². The van der Waals surface area contributed by atoms with Crippen molar-refractivity contribution in [1.82, 2.24) is 0 Å². The van der Waals surface area contributed by atoms with Crippen LogP contribution in [0.4, 0.5) is 11.4 Å². The predicted molar refractivity (Wildman–Crippen MR) is 96.1 cm³/mol. The third-order valence-electron chi connectivity index (χ3n) is 3.26. The molecule has 0 radical (unpaired) electrons. The van der Waals surface area contributed by atoms with Crippen LogP contribution in [0.1, 0.15) is 18.1 Å². The topological polar surface area (TPSA) is 67.4 Å². The fourth-order valence-corrected chi connectivity index (χ4v) is 2.15. The molecule has 0 unspecified atom stereocenters. The zero-order chi connectivity index (χ0) is 17.5. The summed E-state index contributed by atoms with van der Waals surface area (Å²) in [4.78, 5) is 23.4. The molecule has 2 aromatic rings. The van der Waals surface area contributed by atoms with Crippen molar-refractivity contribution in [3.05, 3.63) is 59.7 Å². The summed E-state index contributed by atoms with van der Waals surface area (Å²) in [7, 11) is 1.59. The van der Waals surface area contributed by atoms with Crippen molar-refractivity contribution in [2.24, 2.45) is 0 Å². The summed E-state index contributed by atoms with van der Waals surface area (Å²) in [5.74, 6) is 0.250. The van der Waals surface area contributed by atoms with Gasteiger partial charge in [-0.15, -0.1) is 0 Å². The minimum absolute atomic E-state index is 0.193. The van der Waals surface area contributed by atoms with Crippen molar-refractivity contribution >= 4 is 29.3 Å². The van der Waals surface area contributed by atoms with Crippen molar-refractivity contribution in [2.45, 2.75) is 13.8 Å². The van der Waals surface area contributed by atoms with Gasteiger partial charge in [0.25, 0.3) is 0 Å². The number of aryl methyl sites for hydroxylation is 1. The number of carbonyl (C=O) groups excluding carboxylic acids is 2. The van der Waals surface area contributed by atoms with Crippen LogP contribution >= 0.6 is 0 Å². The number of benzene rings is 2. The van der Waals surface area contributed by atoms with E-state index in [1.807, 2.05) is 43.3 Å². The molecule has 0 aliphatic carbocycles. The number of nitrogens with one attached hydrogen (secondary N) is 2. The monoisotopic (exact) mass is 324 g/mol. The molecule has 2 amide bonds. The van der Waals surface area contributed by atoms with Crippen LogP contribution in [-0.4, -0.2) is 18.9 Å². The third-order valence-corrected chi connectivity index (χ3v) is 3.26. The van der Waals surface area contributed by atoms with Gasteiger partial charge < -0.3 is 15.4 Å². The lowest BCUT2D eigenvalue weighted by Crippen LogP contribution is -2.13. The molecule has 0 aliphatic heterocycles. The van der Waals surface area contributed by atoms with Gasteiger partial charge in [-0.2, -0.15) is 0 Å². The summed E-state index contributed by atoms with van der Waals surface area (Å²) >= 11 is 0. The highest BCUT2D eigenvalue weighted by Crippen LogP contribution is 2.23. The Bertz CT molecular complexity index is 782. The highest BCUT2D eigenvalue weighted by molar-refractivity contribution is 6.05. The Morgan fingerprint density at radius 1 is 1.04 bits per heavy atom. The van der Waals surface area contributed by atoms with Crippen molar-refractivity contribution in [3.63, 3.8) is 0 Å². The van der Waals surface area contributed by atoms with Crippen LogP contribution in [0.25, 0.3) is 6.08 Å². The Kier molecular flexibility index (Phi) is 5.73. The SMILES string of the molecule is COc1cccc(C=CC(=O)Nc2cc(C)ccc2NC(C)=O)c1. The smallest absolute Gasteiger partial charge is 0.248 e. The average molecular weight is 324 g/mol. The van der Waals surface area contributed by atoms with E-state index in [4.69, 9.17) is 4.74 Å². The standard InChI is InChI=1S/C19H20N2O3/c1-13-7-9-17(20-14(2)22)18(11-13)21-19(23)10-8-15-5-4-6-16(12-15)24-3/h4-12H,1-3H3,(H,20,22)(H,21,23). The Labute approximate surface area is 141 Å². The highest BCUT2D eigenvalue weighted by atomic mass is 16.5. The summed E-state index contributed by atoms with van der Waals surface area (Å²) in [5.41, 5.74) is 2.97. The lowest BCUT2D eigenvalue weighted by molar-refractivity contribution is -0.114. The quantitative estimate of drug-likeness (QED) is 0.826. The molecule has 0 spiro atoms. The zero-order valence-corrected chi connectivity index (χ0v) is 13.9. The molecule has 2 aromatic carbocycles. The molecule has 0 aromatic heterocycles. The van der Waals surface area contributed by atoms with Crippen molar-refractivity contribution in [2.75, 3.05) is 17.7 Å². The molecule has 0 atom stereocenters. The average Bonchev–Trinajstić information content (AvgIpc) is 2.55. The van der Waals surface area contributed by atoms with Crippen molar-refractivity contribution in [1.29, 1.82) is 0 Å². The number of hydrogen-bond acceptors (Lipinski definition) is 3. The maximum absolute atomic E-state index is 12.1. The number of carbonyl (C=O) groups is 2. The Balaban J connectivity index is 2.12. The van der Waals surface area contributed by atoms with Crippen LogP contribution in [0.2, 0.25) is 0 Å². The van der Waals surface area contributed by atoms with Crippen LogP contribution in [0, 0.1) is 6.92 Å². The molecule has 5 nitrogen and oxygen atoms in total. The molecule has 0 saturated carbocycles. The third kappa shape index (κ3) is 4.98. The van der Waals surface area contributed by atoms with Crippen molar-refractivity contribution < 1.29 is 14.3 Å². The maximum atomic E-state index is 12.1. The molecule has 0 aliphatic rings.